The third-order valence-electron chi connectivity index (χ3n) is 4.24. The van der Waals surface area contributed by atoms with E-state index in [1.165, 1.54) is 17.7 Å². The molecule has 0 unspecified atom stereocenters. The van der Waals surface area contributed by atoms with Gasteiger partial charge in [0.15, 0.2) is 0 Å². The van der Waals surface area contributed by atoms with E-state index in [1.807, 2.05) is 18.2 Å². The molecule has 2 amide bonds. The fourth-order valence-corrected chi connectivity index (χ4v) is 3.76. The number of piperidine rings is 1. The molecule has 1 aromatic heterocycles. The summed E-state index contributed by atoms with van der Waals surface area (Å²) in [7, 11) is 0. The van der Waals surface area contributed by atoms with Crippen molar-refractivity contribution in [1.29, 1.82) is 0 Å². The van der Waals surface area contributed by atoms with E-state index in [4.69, 9.17) is 0 Å². The Morgan fingerprint density at radius 1 is 1.17 bits per heavy atom. The van der Waals surface area contributed by atoms with E-state index in [1.54, 1.807) is 17.4 Å². The number of imide groups is 1. The van der Waals surface area contributed by atoms with Gasteiger partial charge in [-0.05, 0) is 37.5 Å². The molecule has 7 heteroatoms. The minimum Gasteiger partial charge on any atom is -0.378 e. The highest BCUT2D eigenvalue weighted by Gasteiger charge is 2.28. The number of carbonyl (C=O) groups excluding carboxylic acids is 2. The van der Waals surface area contributed by atoms with Crippen LogP contribution in [0.1, 0.15) is 48.0 Å². The Balaban J connectivity index is 1.45. The molecule has 124 valence electrons. The molecule has 24 heavy (non-hydrogen) atoms. The van der Waals surface area contributed by atoms with Gasteiger partial charge < -0.3 is 5.32 Å². The van der Waals surface area contributed by atoms with Crippen molar-refractivity contribution in [1.82, 2.24) is 10.2 Å². The zero-order chi connectivity index (χ0) is 16.5. The van der Waals surface area contributed by atoms with E-state index in [2.05, 4.69) is 15.5 Å². The molecular formula is C17H18N4O2S. The average Bonchev–Trinajstić information content (AvgIpc) is 3.32. The first-order chi connectivity index (χ1) is 11.7. The third kappa shape index (κ3) is 3.17. The SMILES string of the molecule is O=C1CCCC(=O)N1c1cccc(NCc2nnc(C3CC3)s2)c1. The summed E-state index contributed by atoms with van der Waals surface area (Å²) in [6.45, 7) is 0.593. The van der Waals surface area contributed by atoms with Crippen LogP contribution in [-0.2, 0) is 16.1 Å². The van der Waals surface area contributed by atoms with Crippen molar-refractivity contribution in [3.05, 3.63) is 34.3 Å². The van der Waals surface area contributed by atoms with Crippen LogP contribution in [0.3, 0.4) is 0 Å². The third-order valence-corrected chi connectivity index (χ3v) is 5.32. The first kappa shape index (κ1) is 15.3. The largest absolute Gasteiger partial charge is 0.378 e. The number of aromatic nitrogens is 2. The molecule has 0 bridgehead atoms. The average molecular weight is 342 g/mol. The first-order valence-electron chi connectivity index (χ1n) is 8.23. The molecule has 4 rings (SSSR count). The normalized spacial score (nSPS) is 18.1. The molecule has 1 saturated carbocycles. The van der Waals surface area contributed by atoms with Crippen LogP contribution in [0.25, 0.3) is 0 Å². The minimum absolute atomic E-state index is 0.124. The van der Waals surface area contributed by atoms with Gasteiger partial charge in [-0.2, -0.15) is 0 Å². The zero-order valence-electron chi connectivity index (χ0n) is 13.2. The Morgan fingerprint density at radius 3 is 2.71 bits per heavy atom. The molecule has 1 N–H and O–H groups in total. The van der Waals surface area contributed by atoms with Crippen LogP contribution < -0.4 is 10.2 Å². The van der Waals surface area contributed by atoms with Gasteiger partial charge in [0, 0.05) is 24.4 Å². The van der Waals surface area contributed by atoms with Crippen LogP contribution in [0.5, 0.6) is 0 Å². The van der Waals surface area contributed by atoms with Gasteiger partial charge in [0.25, 0.3) is 0 Å². The molecule has 1 saturated heterocycles. The Bertz CT molecular complexity index is 768. The van der Waals surface area contributed by atoms with Crippen molar-refractivity contribution in [2.24, 2.45) is 0 Å². The van der Waals surface area contributed by atoms with Crippen LogP contribution in [-0.4, -0.2) is 22.0 Å². The molecule has 1 aliphatic carbocycles. The predicted octanol–water partition coefficient (Wildman–Crippen LogP) is 3.07. The second kappa shape index (κ2) is 6.32. The van der Waals surface area contributed by atoms with E-state index >= 15 is 0 Å². The summed E-state index contributed by atoms with van der Waals surface area (Å²) < 4.78 is 0. The number of nitrogens with one attached hydrogen (secondary N) is 1. The van der Waals surface area contributed by atoms with E-state index in [9.17, 15) is 9.59 Å². The summed E-state index contributed by atoms with van der Waals surface area (Å²) in [4.78, 5) is 25.4. The lowest BCUT2D eigenvalue weighted by Crippen LogP contribution is -2.40. The lowest BCUT2D eigenvalue weighted by atomic mass is 10.1. The molecule has 2 aromatic rings. The molecule has 1 aromatic carbocycles. The van der Waals surface area contributed by atoms with Gasteiger partial charge in [0.2, 0.25) is 11.8 Å². The maximum absolute atomic E-state index is 12.0. The standard InChI is InChI=1S/C17H18N4O2S/c22-15-5-2-6-16(23)21(15)13-4-1-3-12(9-13)18-10-14-19-20-17(24-14)11-7-8-11/h1,3-4,9,11,18H,2,5-8,10H2. The molecule has 2 fully saturated rings. The fourth-order valence-electron chi connectivity index (χ4n) is 2.81. The summed E-state index contributed by atoms with van der Waals surface area (Å²) in [6.07, 6.45) is 3.95. The highest BCUT2D eigenvalue weighted by atomic mass is 32.1. The maximum Gasteiger partial charge on any atom is 0.233 e. The second-order valence-corrected chi connectivity index (χ2v) is 7.28. The molecule has 6 nitrogen and oxygen atoms in total. The number of hydrogen-bond acceptors (Lipinski definition) is 6. The van der Waals surface area contributed by atoms with Crippen molar-refractivity contribution in [2.75, 3.05) is 10.2 Å². The van der Waals surface area contributed by atoms with Crippen LogP contribution in [0.2, 0.25) is 0 Å². The zero-order valence-corrected chi connectivity index (χ0v) is 14.0. The minimum atomic E-state index is -0.124. The molecular weight excluding hydrogens is 324 g/mol. The summed E-state index contributed by atoms with van der Waals surface area (Å²) in [6, 6.07) is 7.40. The Morgan fingerprint density at radius 2 is 1.96 bits per heavy atom. The highest BCUT2D eigenvalue weighted by molar-refractivity contribution is 7.11. The molecule has 2 heterocycles. The highest BCUT2D eigenvalue weighted by Crippen LogP contribution is 2.41. The van der Waals surface area contributed by atoms with Crippen LogP contribution >= 0.6 is 11.3 Å². The molecule has 2 aliphatic rings. The molecule has 0 radical (unpaired) electrons. The summed E-state index contributed by atoms with van der Waals surface area (Å²) in [5, 5.41) is 13.8. The predicted molar refractivity (Wildman–Crippen MR) is 92.0 cm³/mol. The topological polar surface area (TPSA) is 75.2 Å². The summed E-state index contributed by atoms with van der Waals surface area (Å²) in [5.74, 6) is 0.374. The number of benzene rings is 1. The van der Waals surface area contributed by atoms with Gasteiger partial charge in [-0.1, -0.05) is 17.4 Å². The number of carbonyl (C=O) groups is 2. The monoisotopic (exact) mass is 342 g/mol. The lowest BCUT2D eigenvalue weighted by Gasteiger charge is -2.25. The number of nitrogens with zero attached hydrogens (tertiary/aromatic N) is 3. The maximum atomic E-state index is 12.0. The van der Waals surface area contributed by atoms with Gasteiger partial charge in [-0.15, -0.1) is 10.2 Å². The van der Waals surface area contributed by atoms with Crippen LogP contribution in [0.15, 0.2) is 24.3 Å². The van der Waals surface area contributed by atoms with Gasteiger partial charge in [0.05, 0.1) is 12.2 Å². The van der Waals surface area contributed by atoms with Gasteiger partial charge in [0.1, 0.15) is 10.0 Å². The Hall–Kier alpha value is -2.28. The number of anilines is 2. The van der Waals surface area contributed by atoms with Crippen LogP contribution in [0.4, 0.5) is 11.4 Å². The van der Waals surface area contributed by atoms with E-state index in [0.29, 0.717) is 37.4 Å². The van der Waals surface area contributed by atoms with E-state index < -0.39 is 0 Å². The summed E-state index contributed by atoms with van der Waals surface area (Å²) in [5.41, 5.74) is 1.49. The smallest absolute Gasteiger partial charge is 0.233 e. The lowest BCUT2D eigenvalue weighted by molar-refractivity contribution is -0.129. The Labute approximate surface area is 143 Å². The van der Waals surface area contributed by atoms with Crippen molar-refractivity contribution >= 4 is 34.5 Å². The molecule has 1 aliphatic heterocycles. The van der Waals surface area contributed by atoms with Crippen molar-refractivity contribution in [3.8, 4) is 0 Å². The van der Waals surface area contributed by atoms with Crippen molar-refractivity contribution in [2.45, 2.75) is 44.6 Å². The molecule has 0 spiro atoms. The van der Waals surface area contributed by atoms with Crippen molar-refractivity contribution in [3.63, 3.8) is 0 Å². The van der Waals surface area contributed by atoms with E-state index in [0.717, 1.165) is 15.7 Å². The second-order valence-electron chi connectivity index (χ2n) is 6.19. The van der Waals surface area contributed by atoms with Gasteiger partial charge in [-0.25, -0.2) is 0 Å². The fraction of sp³-hybridized carbons (Fsp3) is 0.412. The van der Waals surface area contributed by atoms with Crippen LogP contribution in [0, 0.1) is 0 Å². The van der Waals surface area contributed by atoms with Gasteiger partial charge in [-0.3, -0.25) is 14.5 Å². The Kier molecular flexibility index (Phi) is 4.02. The number of rotatable bonds is 5. The number of amides is 2. The van der Waals surface area contributed by atoms with Gasteiger partial charge >= 0.3 is 0 Å². The first-order valence-corrected chi connectivity index (χ1v) is 9.04. The van der Waals surface area contributed by atoms with E-state index in [-0.39, 0.29) is 11.8 Å². The quantitative estimate of drug-likeness (QED) is 0.845. The number of hydrogen-bond donors (Lipinski definition) is 1. The van der Waals surface area contributed by atoms with Crippen molar-refractivity contribution < 1.29 is 9.59 Å². The summed E-state index contributed by atoms with van der Waals surface area (Å²) >= 11 is 1.65. The molecule has 0 atom stereocenters.